The Kier molecular flexibility index (Phi) is 7.15. The first-order valence-electron chi connectivity index (χ1n) is 10.1. The van der Waals surface area contributed by atoms with E-state index in [0.29, 0.717) is 17.0 Å². The Balaban J connectivity index is 1.70. The van der Waals surface area contributed by atoms with Crippen LogP contribution in [0, 0.1) is 0 Å². The molecule has 0 spiro atoms. The van der Waals surface area contributed by atoms with Crippen LogP contribution in [0.25, 0.3) is 10.8 Å². The second-order valence-electron chi connectivity index (χ2n) is 7.20. The summed E-state index contributed by atoms with van der Waals surface area (Å²) in [5.41, 5.74) is 1.28. The molecule has 0 saturated carbocycles. The predicted molar refractivity (Wildman–Crippen MR) is 117 cm³/mol. The van der Waals surface area contributed by atoms with E-state index in [1.165, 1.54) is 5.56 Å². The number of carbonyl (C=O) groups excluding carboxylic acids is 2. The molecule has 1 amide bonds. The standard InChI is InChI=1S/C23H25N3O5/c1-3-15(2)16-8-10-17(11-9-16)24-20(28)14-31-23(30)21-18-6-4-5-7-19(18)22(29)26(25-21)12-13-27/h4-11,15,27H,3,12-14H2,1-2H3,(H,24,28)/t15-/m1/s1. The van der Waals surface area contributed by atoms with Gasteiger partial charge in [0.15, 0.2) is 12.3 Å². The summed E-state index contributed by atoms with van der Waals surface area (Å²) in [4.78, 5) is 37.2. The fraction of sp³-hybridized carbons (Fsp3) is 0.304. The molecule has 1 atom stereocenters. The van der Waals surface area contributed by atoms with Crippen LogP contribution in [0.15, 0.2) is 53.3 Å². The molecule has 1 heterocycles. The van der Waals surface area contributed by atoms with Gasteiger partial charge in [0.25, 0.3) is 11.5 Å². The molecular formula is C23H25N3O5. The number of rotatable bonds is 8. The van der Waals surface area contributed by atoms with E-state index >= 15 is 0 Å². The number of benzene rings is 2. The Hall–Kier alpha value is -3.52. The number of anilines is 1. The van der Waals surface area contributed by atoms with Crippen LogP contribution in [0.3, 0.4) is 0 Å². The van der Waals surface area contributed by atoms with Crippen molar-refractivity contribution in [1.29, 1.82) is 0 Å². The molecule has 1 aromatic heterocycles. The summed E-state index contributed by atoms with van der Waals surface area (Å²) in [5.74, 6) is -0.884. The van der Waals surface area contributed by atoms with Crippen LogP contribution < -0.4 is 10.9 Å². The smallest absolute Gasteiger partial charge is 0.359 e. The van der Waals surface area contributed by atoms with Crippen LogP contribution in [-0.4, -0.2) is 40.0 Å². The number of hydrogen-bond donors (Lipinski definition) is 2. The number of nitrogens with one attached hydrogen (secondary N) is 1. The fourth-order valence-electron chi connectivity index (χ4n) is 3.16. The van der Waals surface area contributed by atoms with Gasteiger partial charge in [-0.25, -0.2) is 9.48 Å². The molecule has 3 rings (SSSR count). The molecule has 3 aromatic rings. The van der Waals surface area contributed by atoms with Gasteiger partial charge in [-0.05, 0) is 36.1 Å². The first-order chi connectivity index (χ1) is 14.9. The minimum Gasteiger partial charge on any atom is -0.451 e. The third kappa shape index (κ3) is 5.16. The lowest BCUT2D eigenvalue weighted by atomic mass is 9.99. The summed E-state index contributed by atoms with van der Waals surface area (Å²) >= 11 is 0. The SMILES string of the molecule is CC[C@@H](C)c1ccc(NC(=O)COC(=O)c2nn(CCO)c(=O)c3ccccc23)cc1. The molecule has 2 aromatic carbocycles. The van der Waals surface area contributed by atoms with Gasteiger partial charge in [-0.1, -0.05) is 44.2 Å². The average Bonchev–Trinajstić information content (AvgIpc) is 2.79. The van der Waals surface area contributed by atoms with Crippen LogP contribution >= 0.6 is 0 Å². The molecule has 8 heteroatoms. The van der Waals surface area contributed by atoms with Crippen LogP contribution in [0.5, 0.6) is 0 Å². The van der Waals surface area contributed by atoms with Gasteiger partial charge in [0.05, 0.1) is 18.5 Å². The molecule has 8 nitrogen and oxygen atoms in total. The van der Waals surface area contributed by atoms with E-state index in [0.717, 1.165) is 11.1 Å². The molecule has 0 saturated heterocycles. The van der Waals surface area contributed by atoms with E-state index in [1.54, 1.807) is 36.4 Å². The highest BCUT2D eigenvalue weighted by Gasteiger charge is 2.19. The number of ether oxygens (including phenoxy) is 1. The number of carbonyl (C=O) groups is 2. The Bertz CT molecular complexity index is 1140. The maximum Gasteiger partial charge on any atom is 0.359 e. The normalized spacial score (nSPS) is 11.8. The zero-order valence-corrected chi connectivity index (χ0v) is 17.5. The molecular weight excluding hydrogens is 398 g/mol. The number of aliphatic hydroxyl groups excluding tert-OH is 1. The average molecular weight is 423 g/mol. The van der Waals surface area contributed by atoms with Gasteiger partial charge < -0.3 is 15.2 Å². The highest BCUT2D eigenvalue weighted by atomic mass is 16.5. The van der Waals surface area contributed by atoms with E-state index in [-0.39, 0.29) is 24.2 Å². The van der Waals surface area contributed by atoms with Crippen molar-refractivity contribution in [2.45, 2.75) is 32.7 Å². The topological polar surface area (TPSA) is 111 Å². The monoisotopic (exact) mass is 423 g/mol. The fourth-order valence-corrected chi connectivity index (χ4v) is 3.16. The number of nitrogens with zero attached hydrogens (tertiary/aromatic N) is 2. The van der Waals surface area contributed by atoms with E-state index < -0.39 is 24.0 Å². The molecule has 162 valence electrons. The molecule has 0 aliphatic rings. The summed E-state index contributed by atoms with van der Waals surface area (Å²) in [6.45, 7) is 3.38. The molecule has 2 N–H and O–H groups in total. The first-order valence-corrected chi connectivity index (χ1v) is 10.1. The maximum atomic E-state index is 12.6. The van der Waals surface area contributed by atoms with Crippen molar-refractivity contribution in [3.8, 4) is 0 Å². The zero-order valence-electron chi connectivity index (χ0n) is 17.5. The summed E-state index contributed by atoms with van der Waals surface area (Å²) in [6.07, 6.45) is 1.02. The van der Waals surface area contributed by atoms with Crippen LogP contribution in [0.1, 0.15) is 42.2 Å². The highest BCUT2D eigenvalue weighted by Crippen LogP contribution is 2.20. The molecule has 0 unspecified atom stereocenters. The Morgan fingerprint density at radius 3 is 2.45 bits per heavy atom. The number of amides is 1. The van der Waals surface area contributed by atoms with Crippen LogP contribution in [0.2, 0.25) is 0 Å². The van der Waals surface area contributed by atoms with E-state index in [4.69, 9.17) is 9.84 Å². The second-order valence-corrected chi connectivity index (χ2v) is 7.20. The van der Waals surface area contributed by atoms with Crippen molar-refractivity contribution in [1.82, 2.24) is 9.78 Å². The minimum atomic E-state index is -0.829. The summed E-state index contributed by atoms with van der Waals surface area (Å²) in [7, 11) is 0. The molecule has 0 aliphatic heterocycles. The minimum absolute atomic E-state index is 0.0585. The summed E-state index contributed by atoms with van der Waals surface area (Å²) < 4.78 is 6.14. The van der Waals surface area contributed by atoms with Gasteiger partial charge in [0.2, 0.25) is 0 Å². The number of esters is 1. The number of hydrogen-bond acceptors (Lipinski definition) is 6. The first kappa shape index (κ1) is 22.2. The third-order valence-corrected chi connectivity index (χ3v) is 5.08. The largest absolute Gasteiger partial charge is 0.451 e. The molecule has 31 heavy (non-hydrogen) atoms. The van der Waals surface area contributed by atoms with E-state index in [1.807, 2.05) is 12.1 Å². The van der Waals surface area contributed by atoms with Crippen molar-refractivity contribution in [2.24, 2.45) is 0 Å². The van der Waals surface area contributed by atoms with Gasteiger partial charge >= 0.3 is 5.97 Å². The molecule has 0 fully saturated rings. The lowest BCUT2D eigenvalue weighted by Crippen LogP contribution is -2.28. The Morgan fingerprint density at radius 1 is 1.13 bits per heavy atom. The lowest BCUT2D eigenvalue weighted by molar-refractivity contribution is -0.119. The van der Waals surface area contributed by atoms with E-state index in [9.17, 15) is 14.4 Å². The van der Waals surface area contributed by atoms with Gasteiger partial charge in [0.1, 0.15) is 0 Å². The zero-order chi connectivity index (χ0) is 22.4. The summed E-state index contributed by atoms with van der Waals surface area (Å²) in [5, 5.41) is 16.5. The van der Waals surface area contributed by atoms with Crippen LogP contribution in [0.4, 0.5) is 5.69 Å². The number of fused-ring (bicyclic) bond motifs is 1. The number of aliphatic hydroxyl groups is 1. The Morgan fingerprint density at radius 2 is 1.81 bits per heavy atom. The molecule has 0 aliphatic carbocycles. The van der Waals surface area contributed by atoms with Crippen molar-refractivity contribution < 1.29 is 19.4 Å². The predicted octanol–water partition coefficient (Wildman–Crippen LogP) is 2.70. The van der Waals surface area contributed by atoms with Gasteiger partial charge in [-0.3, -0.25) is 9.59 Å². The second kappa shape index (κ2) is 9.99. The van der Waals surface area contributed by atoms with Gasteiger partial charge in [-0.2, -0.15) is 5.10 Å². The maximum absolute atomic E-state index is 12.6. The number of aromatic nitrogens is 2. The highest BCUT2D eigenvalue weighted by molar-refractivity contribution is 6.03. The van der Waals surface area contributed by atoms with Crippen molar-refractivity contribution in [3.05, 3.63) is 70.1 Å². The molecule has 0 radical (unpaired) electrons. The van der Waals surface area contributed by atoms with Gasteiger partial charge in [-0.15, -0.1) is 0 Å². The van der Waals surface area contributed by atoms with Crippen molar-refractivity contribution in [2.75, 3.05) is 18.5 Å². The van der Waals surface area contributed by atoms with Crippen LogP contribution in [-0.2, 0) is 16.1 Å². The van der Waals surface area contributed by atoms with Gasteiger partial charge in [0, 0.05) is 11.1 Å². The molecule has 0 bridgehead atoms. The van der Waals surface area contributed by atoms with Crippen molar-refractivity contribution >= 4 is 28.3 Å². The summed E-state index contributed by atoms with van der Waals surface area (Å²) in [6, 6.07) is 14.0. The lowest BCUT2D eigenvalue weighted by Gasteiger charge is -2.11. The van der Waals surface area contributed by atoms with Crippen molar-refractivity contribution in [3.63, 3.8) is 0 Å². The van der Waals surface area contributed by atoms with E-state index in [2.05, 4.69) is 24.3 Å². The third-order valence-electron chi connectivity index (χ3n) is 5.08. The Labute approximate surface area is 179 Å². The quantitative estimate of drug-likeness (QED) is 0.539.